The highest BCUT2D eigenvalue weighted by atomic mass is 17.3. The maximum absolute atomic E-state index is 11.3. The highest BCUT2D eigenvalue weighted by molar-refractivity contribution is 5.89. The van der Waals surface area contributed by atoms with Crippen molar-refractivity contribution < 1.29 is 33.9 Å². The van der Waals surface area contributed by atoms with E-state index in [1.807, 2.05) is 13.0 Å². The van der Waals surface area contributed by atoms with Crippen LogP contribution >= 0.6 is 0 Å². The summed E-state index contributed by atoms with van der Waals surface area (Å²) >= 11 is 0. The van der Waals surface area contributed by atoms with Crippen molar-refractivity contribution in [1.82, 2.24) is 0 Å². The highest BCUT2D eigenvalue weighted by Gasteiger charge is 2.69. The number of benzene rings is 1. The minimum Gasteiger partial charge on any atom is -0.478 e. The van der Waals surface area contributed by atoms with Gasteiger partial charge in [-0.25, -0.2) is 14.6 Å². The quantitative estimate of drug-likeness (QED) is 0.705. The van der Waals surface area contributed by atoms with E-state index in [-0.39, 0.29) is 11.8 Å². The van der Waals surface area contributed by atoms with Gasteiger partial charge in [0.15, 0.2) is 18.2 Å². The molecule has 170 valence electrons. The zero-order chi connectivity index (χ0) is 22.0. The van der Waals surface area contributed by atoms with Crippen LogP contribution in [-0.4, -0.2) is 35.0 Å². The van der Waals surface area contributed by atoms with Gasteiger partial charge in [0.2, 0.25) is 5.79 Å². The SMILES string of the molecule is Cc1cc(CO[C@@H]2O[C@@H]3O[C@@]4(C)CC[C@H]5[C@H](C)CC[C@@H]([C@H]2C)[C@@]35OO4)ccc1C(=O)O. The summed E-state index contributed by atoms with van der Waals surface area (Å²) < 4.78 is 19.0. The third-order valence-corrected chi connectivity index (χ3v) is 8.03. The normalized spacial score (nSPS) is 43.9. The zero-order valence-corrected chi connectivity index (χ0v) is 18.6. The third-order valence-electron chi connectivity index (χ3n) is 8.03. The van der Waals surface area contributed by atoms with E-state index in [1.165, 1.54) is 0 Å². The van der Waals surface area contributed by atoms with Crippen molar-refractivity contribution in [1.29, 1.82) is 0 Å². The van der Waals surface area contributed by atoms with E-state index in [4.69, 9.17) is 24.0 Å². The first-order valence-electron chi connectivity index (χ1n) is 11.4. The van der Waals surface area contributed by atoms with Gasteiger partial charge in [0.1, 0.15) is 0 Å². The molecule has 1 aliphatic carbocycles. The Kier molecular flexibility index (Phi) is 5.18. The number of rotatable bonds is 4. The van der Waals surface area contributed by atoms with Crippen LogP contribution in [0.3, 0.4) is 0 Å². The van der Waals surface area contributed by atoms with Crippen LogP contribution in [0.25, 0.3) is 0 Å². The Morgan fingerprint density at radius 3 is 2.74 bits per heavy atom. The fraction of sp³-hybridized carbons (Fsp3) is 0.708. The number of fused-ring (bicyclic) bond motifs is 2. The number of aryl methyl sites for hydroxylation is 1. The van der Waals surface area contributed by atoms with E-state index in [2.05, 4.69) is 13.8 Å². The van der Waals surface area contributed by atoms with Crippen LogP contribution in [0, 0.1) is 30.6 Å². The lowest BCUT2D eigenvalue weighted by Crippen LogP contribution is -2.70. The summed E-state index contributed by atoms with van der Waals surface area (Å²) in [5.74, 6) is -0.536. The number of hydrogen-bond acceptors (Lipinski definition) is 6. The number of aromatic carboxylic acids is 1. The molecule has 7 heteroatoms. The van der Waals surface area contributed by atoms with Gasteiger partial charge in [-0.15, -0.1) is 0 Å². The maximum atomic E-state index is 11.3. The molecule has 2 bridgehead atoms. The molecule has 4 aliphatic heterocycles. The van der Waals surface area contributed by atoms with Gasteiger partial charge in [-0.05, 0) is 62.1 Å². The predicted molar refractivity (Wildman–Crippen MR) is 110 cm³/mol. The van der Waals surface area contributed by atoms with E-state index in [9.17, 15) is 9.90 Å². The second kappa shape index (κ2) is 7.52. The molecule has 31 heavy (non-hydrogen) atoms. The summed E-state index contributed by atoms with van der Waals surface area (Å²) in [4.78, 5) is 23.3. The van der Waals surface area contributed by atoms with E-state index in [0.717, 1.165) is 36.8 Å². The molecular weight excluding hydrogens is 400 g/mol. The van der Waals surface area contributed by atoms with Crippen molar-refractivity contribution in [2.75, 3.05) is 0 Å². The standard InChI is InChI=1S/C24H32O7/c1-13-5-8-19-15(3)21(27-12-16-6-7-17(20(25)26)14(2)11-16)28-22-24(19)18(13)9-10-23(4,29-22)30-31-24/h6-7,11,13,15,18-19,21-22H,5,8-10,12H2,1-4H3,(H,25,26)/t13-,15-,18+,19+,21-,22-,23-,24-/m1/s1. The van der Waals surface area contributed by atoms with Crippen LogP contribution in [0.1, 0.15) is 67.9 Å². The Morgan fingerprint density at radius 2 is 2.00 bits per heavy atom. The Morgan fingerprint density at radius 1 is 1.19 bits per heavy atom. The molecule has 0 aromatic heterocycles. The predicted octanol–water partition coefficient (Wildman–Crippen LogP) is 4.42. The molecule has 0 unspecified atom stereocenters. The topological polar surface area (TPSA) is 83.5 Å². The van der Waals surface area contributed by atoms with Gasteiger partial charge < -0.3 is 19.3 Å². The maximum Gasteiger partial charge on any atom is 0.335 e. The number of carboxylic acids is 1. The number of carboxylic acid groups (broad SMARTS) is 1. The van der Waals surface area contributed by atoms with Crippen molar-refractivity contribution in [2.24, 2.45) is 23.7 Å². The molecule has 8 atom stereocenters. The zero-order valence-electron chi connectivity index (χ0n) is 18.6. The Hall–Kier alpha value is -1.51. The average molecular weight is 433 g/mol. The summed E-state index contributed by atoms with van der Waals surface area (Å²) in [7, 11) is 0. The van der Waals surface area contributed by atoms with Gasteiger partial charge in [-0.2, -0.15) is 0 Å². The number of carbonyl (C=O) groups is 1. The minimum atomic E-state index is -0.920. The minimum absolute atomic E-state index is 0.111. The van der Waals surface area contributed by atoms with Gasteiger partial charge in [-0.3, -0.25) is 0 Å². The lowest BCUT2D eigenvalue weighted by atomic mass is 9.58. The van der Waals surface area contributed by atoms with Gasteiger partial charge in [-0.1, -0.05) is 26.0 Å². The highest BCUT2D eigenvalue weighted by Crippen LogP contribution is 2.60. The summed E-state index contributed by atoms with van der Waals surface area (Å²) in [5, 5.41) is 9.24. The Bertz CT molecular complexity index is 871. The van der Waals surface area contributed by atoms with Crippen molar-refractivity contribution in [3.8, 4) is 0 Å². The molecule has 1 spiro atoms. The van der Waals surface area contributed by atoms with Gasteiger partial charge in [0.05, 0.1) is 12.2 Å². The molecule has 5 fully saturated rings. The van der Waals surface area contributed by atoms with Gasteiger partial charge >= 0.3 is 5.97 Å². The van der Waals surface area contributed by atoms with Crippen LogP contribution in [0.5, 0.6) is 0 Å². The van der Waals surface area contributed by atoms with Crippen LogP contribution in [-0.2, 0) is 30.6 Å². The number of ether oxygens (including phenoxy) is 3. The first kappa shape index (κ1) is 21.3. The van der Waals surface area contributed by atoms with E-state index < -0.39 is 29.9 Å². The Balaban J connectivity index is 1.37. The van der Waals surface area contributed by atoms with Crippen LogP contribution in [0.15, 0.2) is 18.2 Å². The molecule has 1 aromatic carbocycles. The molecule has 5 aliphatic rings. The molecular formula is C24H32O7. The van der Waals surface area contributed by atoms with Gasteiger partial charge in [0, 0.05) is 18.3 Å². The van der Waals surface area contributed by atoms with Crippen molar-refractivity contribution in [3.05, 3.63) is 34.9 Å². The van der Waals surface area contributed by atoms with E-state index in [1.54, 1.807) is 19.1 Å². The summed E-state index contributed by atoms with van der Waals surface area (Å²) in [6, 6.07) is 5.29. The fourth-order valence-corrected chi connectivity index (χ4v) is 6.30. The van der Waals surface area contributed by atoms with Gasteiger partial charge in [0.25, 0.3) is 0 Å². The second-order valence-corrected chi connectivity index (χ2v) is 10.0. The van der Waals surface area contributed by atoms with E-state index in [0.29, 0.717) is 24.0 Å². The average Bonchev–Trinajstić information content (AvgIpc) is 2.95. The van der Waals surface area contributed by atoms with Crippen LogP contribution in [0.2, 0.25) is 0 Å². The Labute approximate surface area is 182 Å². The second-order valence-electron chi connectivity index (χ2n) is 10.0. The van der Waals surface area contributed by atoms with Crippen molar-refractivity contribution >= 4 is 5.97 Å². The van der Waals surface area contributed by atoms with Crippen molar-refractivity contribution in [3.63, 3.8) is 0 Å². The first-order chi connectivity index (χ1) is 14.7. The van der Waals surface area contributed by atoms with Crippen molar-refractivity contribution in [2.45, 2.75) is 84.0 Å². The smallest absolute Gasteiger partial charge is 0.335 e. The third kappa shape index (κ3) is 3.33. The molecule has 1 aromatic rings. The summed E-state index contributed by atoms with van der Waals surface area (Å²) in [5.41, 5.74) is 1.36. The molecule has 1 N–H and O–H groups in total. The monoisotopic (exact) mass is 432 g/mol. The molecule has 0 amide bonds. The summed E-state index contributed by atoms with van der Waals surface area (Å²) in [6.45, 7) is 8.52. The summed E-state index contributed by atoms with van der Waals surface area (Å²) in [6.07, 6.45) is 3.00. The molecule has 0 radical (unpaired) electrons. The molecule has 1 saturated carbocycles. The molecule has 6 rings (SSSR count). The van der Waals surface area contributed by atoms with E-state index >= 15 is 0 Å². The first-order valence-corrected chi connectivity index (χ1v) is 11.4. The molecule has 4 saturated heterocycles. The largest absolute Gasteiger partial charge is 0.478 e. The van der Waals surface area contributed by atoms with Crippen LogP contribution < -0.4 is 0 Å². The molecule has 7 nitrogen and oxygen atoms in total. The number of hydrogen-bond donors (Lipinski definition) is 1. The fourth-order valence-electron chi connectivity index (χ4n) is 6.30. The lowest BCUT2D eigenvalue weighted by molar-refractivity contribution is -0.577. The lowest BCUT2D eigenvalue weighted by Gasteiger charge is -2.60. The molecule has 4 heterocycles. The van der Waals surface area contributed by atoms with Crippen LogP contribution in [0.4, 0.5) is 0 Å².